The Hall–Kier alpha value is -2.68. The van der Waals surface area contributed by atoms with Gasteiger partial charge in [-0.2, -0.15) is 0 Å². The molecule has 0 atom stereocenters. The molecule has 0 aliphatic carbocycles. The number of nitrogens with zero attached hydrogens (tertiary/aromatic N) is 2. The number of hydrogen-bond acceptors (Lipinski definition) is 2. The van der Waals surface area contributed by atoms with Crippen LogP contribution < -0.4 is 20.8 Å². The van der Waals surface area contributed by atoms with E-state index in [1.54, 1.807) is 12.1 Å². The second-order valence-electron chi connectivity index (χ2n) is 5.89. The van der Waals surface area contributed by atoms with Crippen molar-refractivity contribution in [3.8, 4) is 0 Å². The molecular formula is C19H15B2FN2. The molecular weight excluding hydrogens is 297 g/mol. The highest BCUT2D eigenvalue weighted by Crippen LogP contribution is 2.23. The van der Waals surface area contributed by atoms with Crippen molar-refractivity contribution < 1.29 is 4.39 Å². The van der Waals surface area contributed by atoms with Gasteiger partial charge in [0.25, 0.3) is 0 Å². The van der Waals surface area contributed by atoms with Crippen LogP contribution in [0.2, 0.25) is 0 Å². The van der Waals surface area contributed by atoms with Gasteiger partial charge in [-0.15, -0.1) is 0 Å². The number of aryl methyl sites for hydroxylation is 1. The van der Waals surface area contributed by atoms with Gasteiger partial charge in [0.1, 0.15) is 5.82 Å². The Labute approximate surface area is 143 Å². The lowest BCUT2D eigenvalue weighted by Crippen LogP contribution is -2.63. The zero-order valence-corrected chi connectivity index (χ0v) is 13.4. The highest BCUT2D eigenvalue weighted by molar-refractivity contribution is 6.76. The van der Waals surface area contributed by atoms with Gasteiger partial charge in [0.2, 0.25) is 0 Å². The molecule has 3 aromatic carbocycles. The van der Waals surface area contributed by atoms with Crippen LogP contribution in [0.4, 0.5) is 15.8 Å². The lowest BCUT2D eigenvalue weighted by molar-refractivity contribution is 0.628. The third-order valence-electron chi connectivity index (χ3n) is 4.14. The smallest absolute Gasteiger partial charge is 0.312 e. The maximum absolute atomic E-state index is 13.3. The summed E-state index contributed by atoms with van der Waals surface area (Å²) in [6.07, 6.45) is 0. The molecule has 24 heavy (non-hydrogen) atoms. The molecule has 2 nitrogen and oxygen atoms in total. The van der Waals surface area contributed by atoms with E-state index in [9.17, 15) is 4.39 Å². The molecule has 0 spiro atoms. The van der Waals surface area contributed by atoms with E-state index in [1.165, 1.54) is 17.7 Å². The lowest BCUT2D eigenvalue weighted by Gasteiger charge is -2.42. The monoisotopic (exact) mass is 312 g/mol. The van der Waals surface area contributed by atoms with E-state index in [0.717, 1.165) is 22.3 Å². The summed E-state index contributed by atoms with van der Waals surface area (Å²) >= 11 is 0. The lowest BCUT2D eigenvalue weighted by atomic mass is 9.63. The quantitative estimate of drug-likeness (QED) is 0.671. The Bertz CT molecular complexity index is 778. The van der Waals surface area contributed by atoms with Gasteiger partial charge < -0.3 is 9.84 Å². The van der Waals surface area contributed by atoms with E-state index in [4.69, 9.17) is 0 Å². The van der Waals surface area contributed by atoms with Gasteiger partial charge in [-0.25, -0.2) is 4.39 Å². The van der Waals surface area contributed by atoms with Gasteiger partial charge in [-0.3, -0.25) is 0 Å². The molecule has 5 heteroatoms. The maximum atomic E-state index is 13.3. The predicted octanol–water partition coefficient (Wildman–Crippen LogP) is 2.56. The van der Waals surface area contributed by atoms with Crippen LogP contribution in [0.15, 0.2) is 72.8 Å². The van der Waals surface area contributed by atoms with Crippen molar-refractivity contribution in [1.29, 1.82) is 0 Å². The minimum Gasteiger partial charge on any atom is -0.342 e. The summed E-state index contributed by atoms with van der Waals surface area (Å²) in [6.45, 7) is 2.07. The molecule has 0 aromatic heterocycles. The van der Waals surface area contributed by atoms with Crippen LogP contribution in [-0.4, -0.2) is 14.8 Å². The van der Waals surface area contributed by atoms with Gasteiger partial charge >= 0.3 is 14.8 Å². The first-order chi connectivity index (χ1) is 11.7. The molecule has 0 bridgehead atoms. The number of hydrogen-bond donors (Lipinski definition) is 0. The Kier molecular flexibility index (Phi) is 3.77. The Morgan fingerprint density at radius 3 is 1.62 bits per heavy atom. The number of hydrazine groups is 1. The number of benzene rings is 3. The molecule has 1 aliphatic rings. The molecule has 4 rings (SSSR count). The van der Waals surface area contributed by atoms with Crippen molar-refractivity contribution in [2.75, 3.05) is 9.84 Å². The first-order valence-corrected chi connectivity index (χ1v) is 7.90. The average molecular weight is 312 g/mol. The van der Waals surface area contributed by atoms with Crippen molar-refractivity contribution in [3.63, 3.8) is 0 Å². The second kappa shape index (κ2) is 6.08. The van der Waals surface area contributed by atoms with Crippen molar-refractivity contribution in [1.82, 2.24) is 0 Å². The Morgan fingerprint density at radius 2 is 1.12 bits per heavy atom. The summed E-state index contributed by atoms with van der Waals surface area (Å²) < 4.78 is 13.3. The number of anilines is 2. The number of fused-ring (bicyclic) bond motifs is 1. The van der Waals surface area contributed by atoms with E-state index in [0.29, 0.717) is 0 Å². The van der Waals surface area contributed by atoms with E-state index in [1.807, 2.05) is 17.1 Å². The van der Waals surface area contributed by atoms with E-state index >= 15 is 0 Å². The second-order valence-corrected chi connectivity index (χ2v) is 5.89. The first kappa shape index (κ1) is 14.9. The largest absolute Gasteiger partial charge is 0.342 e. The fourth-order valence-corrected chi connectivity index (χ4v) is 2.82. The van der Waals surface area contributed by atoms with E-state index < -0.39 is 0 Å². The zero-order valence-electron chi connectivity index (χ0n) is 13.4. The van der Waals surface area contributed by atoms with E-state index in [-0.39, 0.29) is 5.82 Å². The molecule has 114 valence electrons. The molecule has 1 heterocycles. The van der Waals surface area contributed by atoms with Crippen LogP contribution in [-0.2, 0) is 0 Å². The minimum absolute atomic E-state index is 0.234. The third kappa shape index (κ3) is 2.78. The molecule has 0 fully saturated rings. The molecule has 1 aliphatic heterocycles. The first-order valence-electron chi connectivity index (χ1n) is 7.90. The normalized spacial score (nSPS) is 13.1. The van der Waals surface area contributed by atoms with Gasteiger partial charge in [0.15, 0.2) is 0 Å². The molecule has 0 unspecified atom stereocenters. The van der Waals surface area contributed by atoms with Crippen LogP contribution in [0.25, 0.3) is 0 Å². The molecule has 3 aromatic rings. The van der Waals surface area contributed by atoms with Gasteiger partial charge in [0.05, 0.1) is 0 Å². The SMILES string of the molecule is Cc1ccc(N2[B]c3ccccc3[B]N2c2ccc(F)cc2)cc1. The van der Waals surface area contributed by atoms with Gasteiger partial charge in [-0.05, 0) is 43.3 Å². The molecule has 2 radical (unpaired) electrons. The molecule has 0 saturated carbocycles. The predicted molar refractivity (Wildman–Crippen MR) is 99.8 cm³/mol. The van der Waals surface area contributed by atoms with Crippen molar-refractivity contribution in [2.24, 2.45) is 0 Å². The zero-order chi connectivity index (χ0) is 16.5. The number of halogens is 1. The molecule has 0 amide bonds. The summed E-state index contributed by atoms with van der Waals surface area (Å²) in [5.74, 6) is -0.234. The minimum atomic E-state index is -0.234. The van der Waals surface area contributed by atoms with Crippen LogP contribution in [0, 0.1) is 12.7 Å². The van der Waals surface area contributed by atoms with Crippen LogP contribution in [0.5, 0.6) is 0 Å². The van der Waals surface area contributed by atoms with Crippen LogP contribution in [0.1, 0.15) is 5.56 Å². The third-order valence-corrected chi connectivity index (χ3v) is 4.14. The molecule has 0 N–H and O–H groups in total. The van der Waals surface area contributed by atoms with Crippen molar-refractivity contribution >= 4 is 37.1 Å². The summed E-state index contributed by atoms with van der Waals surface area (Å²) in [4.78, 5) is 4.11. The van der Waals surface area contributed by atoms with Crippen LogP contribution >= 0.6 is 0 Å². The average Bonchev–Trinajstić information content (AvgIpc) is 2.62. The highest BCUT2D eigenvalue weighted by atomic mass is 19.1. The van der Waals surface area contributed by atoms with Gasteiger partial charge in [0, 0.05) is 11.4 Å². The van der Waals surface area contributed by atoms with Gasteiger partial charge in [-0.1, -0.05) is 52.9 Å². The summed E-state index contributed by atoms with van der Waals surface area (Å²) in [5.41, 5.74) is 5.45. The standard InChI is InChI=1S/C19H15B2FN2/c1-14-6-10-16(11-7-14)23-20-18-4-2-3-5-19(18)21-24(23)17-12-8-15(22)9-13-17/h2-13H,1H3. The topological polar surface area (TPSA) is 6.48 Å². The van der Waals surface area contributed by atoms with E-state index in [2.05, 4.69) is 63.1 Å². The summed E-state index contributed by atoms with van der Waals surface area (Å²) in [6, 6.07) is 23.1. The number of rotatable bonds is 2. The van der Waals surface area contributed by atoms with Crippen LogP contribution in [0.3, 0.4) is 0 Å². The summed E-state index contributed by atoms with van der Waals surface area (Å²) in [7, 11) is 4.17. The maximum Gasteiger partial charge on any atom is 0.312 e. The molecule has 0 saturated heterocycles. The van der Waals surface area contributed by atoms with Crippen molar-refractivity contribution in [2.45, 2.75) is 6.92 Å². The fourth-order valence-electron chi connectivity index (χ4n) is 2.82. The fraction of sp³-hybridized carbons (Fsp3) is 0.0526. The Balaban J connectivity index is 1.78. The summed E-state index contributed by atoms with van der Waals surface area (Å²) in [5, 5.41) is 0. The Morgan fingerprint density at radius 1 is 0.667 bits per heavy atom. The van der Waals surface area contributed by atoms with Crippen molar-refractivity contribution in [3.05, 3.63) is 84.2 Å². The highest BCUT2D eigenvalue weighted by Gasteiger charge is 2.27.